The molecule has 7 nitrogen and oxygen atoms in total. The molecule has 0 aliphatic rings. The minimum absolute atomic E-state index is 0.0121. The van der Waals surface area contributed by atoms with E-state index in [0.717, 1.165) is 4.31 Å². The maximum Gasteiger partial charge on any atom is 0.266 e. The third-order valence-corrected chi connectivity index (χ3v) is 4.59. The molecular formula is C12H14N4O3S. The summed E-state index contributed by atoms with van der Waals surface area (Å²) in [7, 11) is -0.832. The van der Waals surface area contributed by atoms with Crippen LogP contribution in [0.15, 0.2) is 41.6 Å². The number of hydrogen-bond donors (Lipinski definition) is 1. The van der Waals surface area contributed by atoms with Crippen LogP contribution in [0.2, 0.25) is 0 Å². The van der Waals surface area contributed by atoms with E-state index in [2.05, 4.69) is 4.98 Å². The Morgan fingerprint density at radius 3 is 2.60 bits per heavy atom. The molecular weight excluding hydrogens is 280 g/mol. The zero-order chi connectivity index (χ0) is 14.9. The van der Waals surface area contributed by atoms with Crippen LogP contribution in [0, 0.1) is 0 Å². The van der Waals surface area contributed by atoms with Crippen molar-refractivity contribution in [2.24, 2.45) is 12.8 Å². The molecule has 0 saturated heterocycles. The molecule has 2 aromatic rings. The van der Waals surface area contributed by atoms with Crippen molar-refractivity contribution in [1.82, 2.24) is 9.55 Å². The summed E-state index contributed by atoms with van der Waals surface area (Å²) in [6.45, 7) is 0. The maximum absolute atomic E-state index is 12.4. The number of carbonyl (C=O) groups is 1. The summed E-state index contributed by atoms with van der Waals surface area (Å²) in [5.41, 5.74) is 5.30. The highest BCUT2D eigenvalue weighted by Crippen LogP contribution is 2.21. The Labute approximate surface area is 116 Å². The minimum Gasteiger partial charge on any atom is -0.364 e. The average Bonchev–Trinajstić information content (AvgIpc) is 2.82. The maximum atomic E-state index is 12.4. The van der Waals surface area contributed by atoms with E-state index in [9.17, 15) is 13.2 Å². The number of carbonyl (C=O) groups excluding carboxylic acids is 1. The van der Waals surface area contributed by atoms with Gasteiger partial charge in [-0.15, -0.1) is 0 Å². The van der Waals surface area contributed by atoms with Crippen molar-refractivity contribution in [1.29, 1.82) is 0 Å². The largest absolute Gasteiger partial charge is 0.364 e. The zero-order valence-corrected chi connectivity index (χ0v) is 11.8. The SMILES string of the molecule is CN(c1ccccn1)S(=O)(=O)c1cc(C(N)=O)n(C)c1. The van der Waals surface area contributed by atoms with Crippen molar-refractivity contribution < 1.29 is 13.2 Å². The number of nitrogens with two attached hydrogens (primary N) is 1. The number of nitrogens with zero attached hydrogens (tertiary/aromatic N) is 3. The Morgan fingerprint density at radius 1 is 1.40 bits per heavy atom. The van der Waals surface area contributed by atoms with Gasteiger partial charge in [0.15, 0.2) is 0 Å². The van der Waals surface area contributed by atoms with Gasteiger partial charge in [-0.05, 0) is 18.2 Å². The fraction of sp³-hybridized carbons (Fsp3) is 0.167. The van der Waals surface area contributed by atoms with Gasteiger partial charge in [-0.25, -0.2) is 13.4 Å². The van der Waals surface area contributed by atoms with Crippen molar-refractivity contribution in [3.05, 3.63) is 42.4 Å². The van der Waals surface area contributed by atoms with Gasteiger partial charge < -0.3 is 10.3 Å². The lowest BCUT2D eigenvalue weighted by molar-refractivity contribution is 0.0992. The van der Waals surface area contributed by atoms with Crippen LogP contribution in [0.5, 0.6) is 0 Å². The highest BCUT2D eigenvalue weighted by molar-refractivity contribution is 7.92. The highest BCUT2D eigenvalue weighted by atomic mass is 32.2. The number of sulfonamides is 1. The van der Waals surface area contributed by atoms with Crippen molar-refractivity contribution in [2.75, 3.05) is 11.4 Å². The number of pyridine rings is 1. The molecule has 0 spiro atoms. The van der Waals surface area contributed by atoms with Crippen LogP contribution in [-0.4, -0.2) is 30.9 Å². The molecule has 0 bridgehead atoms. The highest BCUT2D eigenvalue weighted by Gasteiger charge is 2.25. The summed E-state index contributed by atoms with van der Waals surface area (Å²) in [6.07, 6.45) is 2.84. The molecule has 0 radical (unpaired) electrons. The first kappa shape index (κ1) is 14.1. The lowest BCUT2D eigenvalue weighted by atomic mass is 10.4. The molecule has 0 aliphatic heterocycles. The van der Waals surface area contributed by atoms with Crippen LogP contribution >= 0.6 is 0 Å². The lowest BCUT2D eigenvalue weighted by Gasteiger charge is -2.17. The van der Waals surface area contributed by atoms with Crippen LogP contribution in [0.25, 0.3) is 0 Å². The molecule has 8 heteroatoms. The van der Waals surface area contributed by atoms with Crippen molar-refractivity contribution in [3.8, 4) is 0 Å². The van der Waals surface area contributed by atoms with E-state index < -0.39 is 15.9 Å². The normalized spacial score (nSPS) is 11.3. The summed E-state index contributed by atoms with van der Waals surface area (Å²) in [5, 5.41) is 0. The number of amides is 1. The number of rotatable bonds is 4. The van der Waals surface area contributed by atoms with Crippen LogP contribution in [0.4, 0.5) is 5.82 Å². The molecule has 0 fully saturated rings. The second-order valence-electron chi connectivity index (χ2n) is 4.20. The van der Waals surface area contributed by atoms with Gasteiger partial charge in [-0.2, -0.15) is 0 Å². The van der Waals surface area contributed by atoms with Crippen LogP contribution in [0.3, 0.4) is 0 Å². The fourth-order valence-electron chi connectivity index (χ4n) is 1.74. The van der Waals surface area contributed by atoms with Crippen LogP contribution in [-0.2, 0) is 17.1 Å². The smallest absolute Gasteiger partial charge is 0.266 e. The Bertz CT molecular complexity index is 737. The Hall–Kier alpha value is -2.35. The molecule has 2 N–H and O–H groups in total. The number of aromatic nitrogens is 2. The molecule has 0 aromatic carbocycles. The van der Waals surface area contributed by atoms with E-state index in [0.29, 0.717) is 0 Å². The number of aryl methyl sites for hydroxylation is 1. The van der Waals surface area contributed by atoms with Gasteiger partial charge in [0.05, 0.1) is 0 Å². The predicted molar refractivity (Wildman–Crippen MR) is 73.8 cm³/mol. The lowest BCUT2D eigenvalue weighted by Crippen LogP contribution is -2.27. The van der Waals surface area contributed by atoms with Gasteiger partial charge in [-0.3, -0.25) is 9.10 Å². The van der Waals surface area contributed by atoms with Gasteiger partial charge in [0, 0.05) is 26.5 Å². The van der Waals surface area contributed by atoms with Crippen LogP contribution in [0.1, 0.15) is 10.5 Å². The fourth-order valence-corrected chi connectivity index (χ4v) is 2.96. The third kappa shape index (κ3) is 2.37. The first-order chi connectivity index (χ1) is 9.34. The third-order valence-electron chi connectivity index (χ3n) is 2.86. The first-order valence-corrected chi connectivity index (χ1v) is 7.14. The quantitative estimate of drug-likeness (QED) is 0.879. The Balaban J connectivity index is 2.46. The van der Waals surface area contributed by atoms with Gasteiger partial charge in [0.25, 0.3) is 15.9 Å². The number of anilines is 1. The predicted octanol–water partition coefficient (Wildman–Crippen LogP) is 0.344. The zero-order valence-electron chi connectivity index (χ0n) is 11.0. The van der Waals surface area contributed by atoms with E-state index in [1.54, 1.807) is 25.2 Å². The Kier molecular flexibility index (Phi) is 3.49. The van der Waals surface area contributed by atoms with E-state index in [1.165, 1.54) is 30.1 Å². The molecule has 2 aromatic heterocycles. The summed E-state index contributed by atoms with van der Waals surface area (Å²) in [4.78, 5) is 15.2. The van der Waals surface area contributed by atoms with Gasteiger partial charge in [0.1, 0.15) is 16.4 Å². The van der Waals surface area contributed by atoms with E-state index in [1.807, 2.05) is 0 Å². The summed E-state index contributed by atoms with van der Waals surface area (Å²) in [5.74, 6) is -0.397. The topological polar surface area (TPSA) is 98.3 Å². The molecule has 1 amide bonds. The van der Waals surface area contributed by atoms with E-state index in [-0.39, 0.29) is 16.4 Å². The van der Waals surface area contributed by atoms with Crippen molar-refractivity contribution in [2.45, 2.75) is 4.90 Å². The van der Waals surface area contributed by atoms with Gasteiger partial charge in [-0.1, -0.05) is 6.07 Å². The first-order valence-electron chi connectivity index (χ1n) is 5.70. The molecule has 0 atom stereocenters. The van der Waals surface area contributed by atoms with Crippen molar-refractivity contribution in [3.63, 3.8) is 0 Å². The molecule has 0 aliphatic carbocycles. The molecule has 20 heavy (non-hydrogen) atoms. The molecule has 2 rings (SSSR count). The van der Waals surface area contributed by atoms with Crippen molar-refractivity contribution >= 4 is 21.7 Å². The summed E-state index contributed by atoms with van der Waals surface area (Å²) >= 11 is 0. The van der Waals surface area contributed by atoms with Crippen LogP contribution < -0.4 is 10.0 Å². The molecule has 0 unspecified atom stereocenters. The average molecular weight is 294 g/mol. The molecule has 2 heterocycles. The number of primary amides is 1. The molecule has 0 saturated carbocycles. The molecule has 106 valence electrons. The Morgan fingerprint density at radius 2 is 2.10 bits per heavy atom. The van der Waals surface area contributed by atoms with Gasteiger partial charge in [0.2, 0.25) is 0 Å². The monoisotopic (exact) mass is 294 g/mol. The summed E-state index contributed by atoms with van der Waals surface area (Å²) in [6, 6.07) is 6.21. The number of hydrogen-bond acceptors (Lipinski definition) is 4. The second-order valence-corrected chi connectivity index (χ2v) is 6.17. The minimum atomic E-state index is -3.78. The second kappa shape index (κ2) is 4.97. The van der Waals surface area contributed by atoms with E-state index >= 15 is 0 Å². The summed E-state index contributed by atoms with van der Waals surface area (Å²) < 4.78 is 27.3. The standard InChI is InChI=1S/C12H14N4O3S/c1-15-8-9(7-10(15)12(13)17)20(18,19)16(2)11-5-3-4-6-14-11/h3-8H,1-2H3,(H2,13,17). The van der Waals surface area contributed by atoms with E-state index in [4.69, 9.17) is 5.73 Å². The van der Waals surface area contributed by atoms with Gasteiger partial charge >= 0.3 is 0 Å².